The van der Waals surface area contributed by atoms with Gasteiger partial charge in [-0.1, -0.05) is 26.0 Å². The van der Waals surface area contributed by atoms with Crippen LogP contribution in [0, 0.1) is 5.41 Å². The summed E-state index contributed by atoms with van der Waals surface area (Å²) in [6, 6.07) is 4.85. The van der Waals surface area contributed by atoms with Crippen molar-refractivity contribution >= 4 is 5.91 Å². The van der Waals surface area contributed by atoms with Crippen LogP contribution >= 0.6 is 0 Å². The van der Waals surface area contributed by atoms with E-state index in [9.17, 15) is 18.0 Å². The Labute approximate surface area is 116 Å². The Morgan fingerprint density at radius 3 is 2.50 bits per heavy atom. The molecule has 2 nitrogen and oxygen atoms in total. The Kier molecular flexibility index (Phi) is 3.80. The number of halogens is 3. The summed E-state index contributed by atoms with van der Waals surface area (Å²) >= 11 is 0. The fraction of sp³-hybridized carbons (Fsp3) is 0.533. The van der Waals surface area contributed by atoms with Crippen LogP contribution < -0.4 is 5.32 Å². The molecule has 1 aromatic rings. The van der Waals surface area contributed by atoms with E-state index in [0.717, 1.165) is 25.3 Å². The number of rotatable bonds is 2. The molecule has 0 aromatic heterocycles. The number of alkyl halides is 3. The molecule has 1 saturated carbocycles. The number of carbonyl (C=O) groups excluding carboxylic acids is 1. The molecule has 2 rings (SSSR count). The van der Waals surface area contributed by atoms with Gasteiger partial charge in [0, 0.05) is 6.04 Å². The average molecular weight is 285 g/mol. The van der Waals surface area contributed by atoms with Gasteiger partial charge in [-0.25, -0.2) is 0 Å². The molecular formula is C15H18F3NO. The lowest BCUT2D eigenvalue weighted by molar-refractivity contribution is -0.137. The molecule has 1 amide bonds. The van der Waals surface area contributed by atoms with Gasteiger partial charge in [-0.15, -0.1) is 0 Å². The maximum Gasteiger partial charge on any atom is 0.417 e. The minimum absolute atomic E-state index is 0.0428. The van der Waals surface area contributed by atoms with Gasteiger partial charge in [0.1, 0.15) is 0 Å². The van der Waals surface area contributed by atoms with Crippen LogP contribution in [-0.4, -0.2) is 11.9 Å². The summed E-state index contributed by atoms with van der Waals surface area (Å²) in [5.41, 5.74) is -1.04. The summed E-state index contributed by atoms with van der Waals surface area (Å²) in [6.07, 6.45) is -1.93. The molecule has 1 N–H and O–H groups in total. The standard InChI is InChI=1S/C15H18F3NO/c1-14(2)8-7-10(9-14)19-13(20)11-5-3-4-6-12(11)15(16,17)18/h3-6,10H,7-9H2,1-2H3,(H,19,20). The molecule has 1 fully saturated rings. The second-order valence-corrected chi connectivity index (χ2v) is 6.12. The lowest BCUT2D eigenvalue weighted by atomic mass is 9.92. The van der Waals surface area contributed by atoms with Crippen molar-refractivity contribution in [3.05, 3.63) is 35.4 Å². The van der Waals surface area contributed by atoms with Crippen LogP contribution in [0.1, 0.15) is 49.0 Å². The van der Waals surface area contributed by atoms with E-state index in [1.54, 1.807) is 0 Å². The van der Waals surface area contributed by atoms with Crippen LogP contribution in [0.25, 0.3) is 0 Å². The Hall–Kier alpha value is -1.52. The molecule has 0 bridgehead atoms. The normalized spacial score (nSPS) is 21.8. The molecule has 1 aromatic carbocycles. The van der Waals surface area contributed by atoms with E-state index in [1.807, 2.05) is 0 Å². The van der Waals surface area contributed by atoms with Crippen molar-refractivity contribution < 1.29 is 18.0 Å². The zero-order valence-corrected chi connectivity index (χ0v) is 11.6. The molecule has 0 aliphatic heterocycles. The summed E-state index contributed by atoms with van der Waals surface area (Å²) < 4.78 is 38.6. The predicted octanol–water partition coefficient (Wildman–Crippen LogP) is 4.01. The van der Waals surface area contributed by atoms with Crippen LogP contribution in [0.3, 0.4) is 0 Å². The molecule has 1 aliphatic rings. The molecule has 0 spiro atoms. The van der Waals surface area contributed by atoms with E-state index >= 15 is 0 Å². The van der Waals surface area contributed by atoms with Crippen molar-refractivity contribution in [2.24, 2.45) is 5.41 Å². The maximum absolute atomic E-state index is 12.9. The molecule has 0 saturated heterocycles. The first kappa shape index (κ1) is 14.9. The lowest BCUT2D eigenvalue weighted by Crippen LogP contribution is -2.34. The van der Waals surface area contributed by atoms with Gasteiger partial charge in [0.25, 0.3) is 5.91 Å². The first-order chi connectivity index (χ1) is 9.19. The Morgan fingerprint density at radius 1 is 1.30 bits per heavy atom. The highest BCUT2D eigenvalue weighted by Crippen LogP contribution is 2.37. The minimum atomic E-state index is -4.51. The number of hydrogen-bond acceptors (Lipinski definition) is 1. The van der Waals surface area contributed by atoms with E-state index in [4.69, 9.17) is 0 Å². The quantitative estimate of drug-likeness (QED) is 0.874. The monoisotopic (exact) mass is 285 g/mol. The van der Waals surface area contributed by atoms with Crippen LogP contribution in [-0.2, 0) is 6.18 Å². The molecule has 5 heteroatoms. The van der Waals surface area contributed by atoms with Crippen molar-refractivity contribution in [3.63, 3.8) is 0 Å². The lowest BCUT2D eigenvalue weighted by Gasteiger charge is -2.19. The highest BCUT2D eigenvalue weighted by molar-refractivity contribution is 5.96. The van der Waals surface area contributed by atoms with Gasteiger partial charge >= 0.3 is 6.18 Å². The van der Waals surface area contributed by atoms with Gasteiger partial charge in [-0.05, 0) is 36.8 Å². The Balaban J connectivity index is 2.15. The number of nitrogens with one attached hydrogen (secondary N) is 1. The number of hydrogen-bond donors (Lipinski definition) is 1. The fourth-order valence-corrected chi connectivity index (χ4v) is 2.75. The van der Waals surface area contributed by atoms with Crippen LogP contribution in [0.5, 0.6) is 0 Å². The fourth-order valence-electron chi connectivity index (χ4n) is 2.75. The third-order valence-corrected chi connectivity index (χ3v) is 3.78. The highest BCUT2D eigenvalue weighted by Gasteiger charge is 2.36. The molecule has 110 valence electrons. The third kappa shape index (κ3) is 3.32. The first-order valence-corrected chi connectivity index (χ1v) is 6.66. The largest absolute Gasteiger partial charge is 0.417 e. The van der Waals surface area contributed by atoms with E-state index in [1.165, 1.54) is 18.2 Å². The molecule has 1 unspecified atom stereocenters. The number of amides is 1. The van der Waals surface area contributed by atoms with Gasteiger partial charge in [0.05, 0.1) is 11.1 Å². The third-order valence-electron chi connectivity index (χ3n) is 3.78. The molecule has 1 atom stereocenters. The van der Waals surface area contributed by atoms with Crippen LogP contribution in [0.4, 0.5) is 13.2 Å². The van der Waals surface area contributed by atoms with E-state index < -0.39 is 17.6 Å². The average Bonchev–Trinajstić information content (AvgIpc) is 2.67. The molecule has 20 heavy (non-hydrogen) atoms. The smallest absolute Gasteiger partial charge is 0.349 e. The first-order valence-electron chi connectivity index (χ1n) is 6.66. The number of carbonyl (C=O) groups is 1. The summed E-state index contributed by atoms with van der Waals surface area (Å²) in [7, 11) is 0. The van der Waals surface area contributed by atoms with Crippen molar-refractivity contribution in [1.29, 1.82) is 0 Å². The number of benzene rings is 1. The topological polar surface area (TPSA) is 29.1 Å². The zero-order valence-electron chi connectivity index (χ0n) is 11.6. The molecule has 0 heterocycles. The minimum Gasteiger partial charge on any atom is -0.349 e. The van der Waals surface area contributed by atoms with Gasteiger partial charge in [-0.3, -0.25) is 4.79 Å². The van der Waals surface area contributed by atoms with Gasteiger partial charge in [-0.2, -0.15) is 13.2 Å². The Morgan fingerprint density at radius 2 is 1.95 bits per heavy atom. The van der Waals surface area contributed by atoms with Gasteiger partial charge < -0.3 is 5.32 Å². The summed E-state index contributed by atoms with van der Waals surface area (Å²) in [5, 5.41) is 2.72. The summed E-state index contributed by atoms with van der Waals surface area (Å²) in [4.78, 5) is 12.1. The van der Waals surface area contributed by atoms with E-state index in [2.05, 4.69) is 19.2 Å². The zero-order chi connectivity index (χ0) is 15.0. The van der Waals surface area contributed by atoms with Gasteiger partial charge in [0.15, 0.2) is 0 Å². The van der Waals surface area contributed by atoms with Crippen LogP contribution in [0.15, 0.2) is 24.3 Å². The van der Waals surface area contributed by atoms with E-state index in [0.29, 0.717) is 0 Å². The van der Waals surface area contributed by atoms with E-state index in [-0.39, 0.29) is 17.0 Å². The summed E-state index contributed by atoms with van der Waals surface area (Å²) in [6.45, 7) is 4.20. The van der Waals surface area contributed by atoms with Crippen molar-refractivity contribution in [2.45, 2.75) is 45.3 Å². The Bertz CT molecular complexity index is 508. The summed E-state index contributed by atoms with van der Waals surface area (Å²) in [5.74, 6) is -0.638. The SMILES string of the molecule is CC1(C)CCC(NC(=O)c2ccccc2C(F)(F)F)C1. The van der Waals surface area contributed by atoms with Crippen molar-refractivity contribution in [3.8, 4) is 0 Å². The van der Waals surface area contributed by atoms with Crippen LogP contribution in [0.2, 0.25) is 0 Å². The second kappa shape index (κ2) is 5.11. The van der Waals surface area contributed by atoms with Crippen molar-refractivity contribution in [1.82, 2.24) is 5.32 Å². The van der Waals surface area contributed by atoms with Gasteiger partial charge in [0.2, 0.25) is 0 Å². The van der Waals surface area contributed by atoms with Crippen molar-refractivity contribution in [2.75, 3.05) is 0 Å². The highest BCUT2D eigenvalue weighted by atomic mass is 19.4. The molecule has 0 radical (unpaired) electrons. The predicted molar refractivity (Wildman–Crippen MR) is 70.3 cm³/mol. The second-order valence-electron chi connectivity index (χ2n) is 6.12. The molecular weight excluding hydrogens is 267 g/mol. The molecule has 1 aliphatic carbocycles. The maximum atomic E-state index is 12.9.